The highest BCUT2D eigenvalue weighted by Gasteiger charge is 2.28. The molecule has 0 aliphatic carbocycles. The van der Waals surface area contributed by atoms with Gasteiger partial charge in [-0.15, -0.1) is 0 Å². The first-order valence-corrected chi connectivity index (χ1v) is 10.8. The van der Waals surface area contributed by atoms with Crippen molar-refractivity contribution in [3.63, 3.8) is 0 Å². The van der Waals surface area contributed by atoms with Crippen LogP contribution in [0.1, 0.15) is 57.5 Å². The van der Waals surface area contributed by atoms with Crippen molar-refractivity contribution in [2.24, 2.45) is 0 Å². The molecule has 184 valence electrons. The van der Waals surface area contributed by atoms with E-state index in [2.05, 4.69) is 15.5 Å². The molecule has 35 heavy (non-hydrogen) atoms. The Morgan fingerprint density at radius 3 is 2.43 bits per heavy atom. The maximum absolute atomic E-state index is 13.3. The number of benzene rings is 1. The van der Waals surface area contributed by atoms with Gasteiger partial charge in [-0.25, -0.2) is 22.2 Å². The van der Waals surface area contributed by atoms with Crippen LogP contribution < -0.4 is 5.32 Å². The number of nitrogens with zero attached hydrogens (tertiary/aromatic N) is 4. The second kappa shape index (κ2) is 9.95. The highest BCUT2D eigenvalue weighted by molar-refractivity contribution is 6.32. The lowest BCUT2D eigenvalue weighted by atomic mass is 10.2. The van der Waals surface area contributed by atoms with Crippen LogP contribution in [0.4, 0.5) is 17.6 Å². The van der Waals surface area contributed by atoms with Crippen molar-refractivity contribution >= 4 is 17.5 Å². The number of rotatable bonds is 8. The zero-order chi connectivity index (χ0) is 25.3. The van der Waals surface area contributed by atoms with Crippen LogP contribution in [-0.4, -0.2) is 25.5 Å². The summed E-state index contributed by atoms with van der Waals surface area (Å²) in [6.07, 6.45) is -6.24. The van der Waals surface area contributed by atoms with Gasteiger partial charge in [-0.1, -0.05) is 29.8 Å². The molecule has 0 spiro atoms. The lowest BCUT2D eigenvalue weighted by Crippen LogP contribution is -2.23. The minimum Gasteiger partial charge on any atom is -0.454 e. The fourth-order valence-corrected chi connectivity index (χ4v) is 3.98. The van der Waals surface area contributed by atoms with Crippen molar-refractivity contribution in [3.05, 3.63) is 87.3 Å². The molecule has 4 rings (SSSR count). The van der Waals surface area contributed by atoms with E-state index in [-0.39, 0.29) is 18.1 Å². The van der Waals surface area contributed by atoms with Crippen molar-refractivity contribution in [2.45, 2.75) is 39.8 Å². The van der Waals surface area contributed by atoms with Crippen LogP contribution in [0, 0.1) is 13.8 Å². The zero-order valence-electron chi connectivity index (χ0n) is 18.6. The van der Waals surface area contributed by atoms with Crippen molar-refractivity contribution in [3.8, 4) is 5.69 Å². The number of carbonyl (C=O) groups excluding carboxylic acids is 1. The van der Waals surface area contributed by atoms with Crippen molar-refractivity contribution in [1.29, 1.82) is 0 Å². The Labute approximate surface area is 202 Å². The van der Waals surface area contributed by atoms with E-state index in [9.17, 15) is 22.4 Å². The fraction of sp³-hybridized carbons (Fsp3) is 0.261. The van der Waals surface area contributed by atoms with Crippen LogP contribution in [0.3, 0.4) is 0 Å². The number of halogens is 5. The normalized spacial score (nSPS) is 11.6. The number of nitrogens with one attached hydrogen (secondary N) is 1. The highest BCUT2D eigenvalue weighted by Crippen LogP contribution is 2.35. The molecule has 3 aromatic heterocycles. The number of alkyl halides is 4. The Hall–Kier alpha value is -3.60. The SMILES string of the molecule is Cc1nn(-c2ccccc2)c(C)c1CNC(=O)c1ccc(Cn2nc(C(F)F)c(Cl)c2C(F)F)o1. The van der Waals surface area contributed by atoms with Gasteiger partial charge in [-0.05, 0) is 38.1 Å². The number of para-hydroxylation sites is 1. The minimum atomic E-state index is -3.12. The first-order chi connectivity index (χ1) is 16.7. The molecule has 0 saturated heterocycles. The van der Waals surface area contributed by atoms with Crippen molar-refractivity contribution in [1.82, 2.24) is 24.9 Å². The van der Waals surface area contributed by atoms with Crippen molar-refractivity contribution < 1.29 is 26.8 Å². The molecule has 0 fully saturated rings. The van der Waals surface area contributed by atoms with E-state index in [4.69, 9.17) is 16.0 Å². The molecule has 1 amide bonds. The summed E-state index contributed by atoms with van der Waals surface area (Å²) in [4.78, 5) is 12.6. The average Bonchev–Trinajstić information content (AvgIpc) is 3.49. The molecule has 0 unspecified atom stereocenters. The molecule has 0 bridgehead atoms. The van der Waals surface area contributed by atoms with Gasteiger partial charge in [-0.2, -0.15) is 10.2 Å². The van der Waals surface area contributed by atoms with Gasteiger partial charge in [0.05, 0.1) is 22.9 Å². The number of furan rings is 1. The van der Waals surface area contributed by atoms with E-state index in [1.807, 2.05) is 44.2 Å². The first-order valence-electron chi connectivity index (χ1n) is 10.5. The van der Waals surface area contributed by atoms with Gasteiger partial charge in [0, 0.05) is 17.8 Å². The summed E-state index contributed by atoms with van der Waals surface area (Å²) in [7, 11) is 0. The number of carbonyl (C=O) groups is 1. The summed E-state index contributed by atoms with van der Waals surface area (Å²) in [5.41, 5.74) is 1.55. The quantitative estimate of drug-likeness (QED) is 0.305. The van der Waals surface area contributed by atoms with E-state index < -0.39 is 41.7 Å². The van der Waals surface area contributed by atoms with E-state index in [1.165, 1.54) is 12.1 Å². The Kier molecular flexibility index (Phi) is 6.97. The molecule has 12 heteroatoms. The summed E-state index contributed by atoms with van der Waals surface area (Å²) < 4.78 is 60.6. The molecule has 0 saturated carbocycles. The Bertz CT molecular complexity index is 1350. The predicted octanol–water partition coefficient (Wildman–Crippen LogP) is 5.79. The van der Waals surface area contributed by atoms with Crippen molar-refractivity contribution in [2.75, 3.05) is 0 Å². The lowest BCUT2D eigenvalue weighted by Gasteiger charge is -2.07. The second-order valence-electron chi connectivity index (χ2n) is 7.69. The van der Waals surface area contributed by atoms with Crippen LogP contribution in [0.25, 0.3) is 5.69 Å². The summed E-state index contributed by atoms with van der Waals surface area (Å²) in [6.45, 7) is 3.51. The maximum atomic E-state index is 13.3. The van der Waals surface area contributed by atoms with E-state index in [0.717, 1.165) is 22.6 Å². The summed E-state index contributed by atoms with van der Waals surface area (Å²) in [6, 6.07) is 12.3. The van der Waals surface area contributed by atoms with Crippen LogP contribution in [-0.2, 0) is 13.1 Å². The average molecular weight is 510 g/mol. The largest absolute Gasteiger partial charge is 0.454 e. The molecular weight excluding hydrogens is 490 g/mol. The minimum absolute atomic E-state index is 0.0706. The predicted molar refractivity (Wildman–Crippen MR) is 119 cm³/mol. The van der Waals surface area contributed by atoms with Gasteiger partial charge in [0.15, 0.2) is 5.76 Å². The number of aryl methyl sites for hydroxylation is 1. The number of amides is 1. The fourth-order valence-electron chi connectivity index (χ4n) is 3.68. The summed E-state index contributed by atoms with van der Waals surface area (Å²) in [5.74, 6) is -0.540. The Morgan fingerprint density at radius 2 is 1.77 bits per heavy atom. The molecule has 1 aromatic carbocycles. The van der Waals surface area contributed by atoms with E-state index in [0.29, 0.717) is 4.68 Å². The Balaban J connectivity index is 1.47. The molecule has 7 nitrogen and oxygen atoms in total. The number of hydrogen-bond donors (Lipinski definition) is 1. The zero-order valence-corrected chi connectivity index (χ0v) is 19.4. The first kappa shape index (κ1) is 24.5. The second-order valence-corrected chi connectivity index (χ2v) is 8.07. The van der Waals surface area contributed by atoms with Gasteiger partial charge in [0.25, 0.3) is 18.8 Å². The molecular formula is C23H20ClF4N5O2. The third-order valence-corrected chi connectivity index (χ3v) is 5.82. The Morgan fingerprint density at radius 1 is 1.06 bits per heavy atom. The van der Waals surface area contributed by atoms with Crippen LogP contribution >= 0.6 is 11.6 Å². The van der Waals surface area contributed by atoms with Gasteiger partial charge in [0.1, 0.15) is 17.1 Å². The van der Waals surface area contributed by atoms with E-state index in [1.54, 1.807) is 4.68 Å². The monoisotopic (exact) mass is 509 g/mol. The summed E-state index contributed by atoms with van der Waals surface area (Å²) >= 11 is 5.66. The molecule has 4 aromatic rings. The molecule has 3 heterocycles. The standard InChI is InChI=1S/C23H20ClF4N5O2/c1-12-16(13(2)33(30-12)14-6-4-3-5-7-14)10-29-23(34)17-9-8-15(35-17)11-32-20(22(27)28)18(24)19(31-32)21(25)26/h3-9,21-22H,10-11H2,1-2H3,(H,29,34). The van der Waals surface area contributed by atoms with Crippen LogP contribution in [0.5, 0.6) is 0 Å². The van der Waals surface area contributed by atoms with Gasteiger partial charge in [0.2, 0.25) is 0 Å². The third-order valence-electron chi connectivity index (χ3n) is 5.43. The maximum Gasteiger partial charge on any atom is 0.287 e. The molecule has 1 N–H and O–H groups in total. The van der Waals surface area contributed by atoms with Crippen LogP contribution in [0.15, 0.2) is 46.9 Å². The van der Waals surface area contributed by atoms with Gasteiger partial charge in [-0.3, -0.25) is 9.48 Å². The smallest absolute Gasteiger partial charge is 0.287 e. The number of aromatic nitrogens is 4. The third kappa shape index (κ3) is 4.95. The molecule has 0 radical (unpaired) electrons. The molecule has 0 atom stereocenters. The number of hydrogen-bond acceptors (Lipinski definition) is 4. The lowest BCUT2D eigenvalue weighted by molar-refractivity contribution is 0.0920. The van der Waals surface area contributed by atoms with Gasteiger partial charge >= 0.3 is 0 Å². The topological polar surface area (TPSA) is 77.9 Å². The molecule has 0 aliphatic rings. The summed E-state index contributed by atoms with van der Waals surface area (Å²) in [5, 5.41) is 9.98. The van der Waals surface area contributed by atoms with Crippen LogP contribution in [0.2, 0.25) is 5.02 Å². The van der Waals surface area contributed by atoms with E-state index >= 15 is 0 Å². The molecule has 0 aliphatic heterocycles. The highest BCUT2D eigenvalue weighted by atomic mass is 35.5. The van der Waals surface area contributed by atoms with Gasteiger partial charge < -0.3 is 9.73 Å².